The fourth-order valence-corrected chi connectivity index (χ4v) is 1.75. The summed E-state index contributed by atoms with van der Waals surface area (Å²) in [4.78, 5) is 33.0. The molecule has 6 nitrogen and oxygen atoms in total. The van der Waals surface area contributed by atoms with E-state index < -0.39 is 18.0 Å². The van der Waals surface area contributed by atoms with Crippen LogP contribution in [0, 0.1) is 5.92 Å². The van der Waals surface area contributed by atoms with Crippen molar-refractivity contribution in [2.45, 2.75) is 58.4 Å². The highest BCUT2D eigenvalue weighted by molar-refractivity contribution is 5.84. The van der Waals surface area contributed by atoms with Crippen LogP contribution in [0.2, 0.25) is 0 Å². The smallest absolute Gasteiger partial charge is 0.326 e. The molecular weight excluding hydrogens is 250 g/mol. The van der Waals surface area contributed by atoms with Crippen molar-refractivity contribution >= 4 is 17.8 Å². The molecule has 1 unspecified atom stereocenters. The van der Waals surface area contributed by atoms with Crippen LogP contribution in [0.4, 0.5) is 0 Å². The number of hydrogen-bond acceptors (Lipinski definition) is 3. The van der Waals surface area contributed by atoms with Crippen molar-refractivity contribution in [2.24, 2.45) is 5.92 Å². The lowest BCUT2D eigenvalue weighted by Gasteiger charge is -2.15. The molecule has 0 rings (SSSR count). The highest BCUT2D eigenvalue weighted by Crippen LogP contribution is 2.12. The fraction of sp³-hybridized carbons (Fsp3) is 0.769. The summed E-state index contributed by atoms with van der Waals surface area (Å²) >= 11 is 0. The van der Waals surface area contributed by atoms with Crippen LogP contribution in [0.5, 0.6) is 0 Å². The first-order valence-electron chi connectivity index (χ1n) is 6.60. The Morgan fingerprint density at radius 3 is 2.26 bits per heavy atom. The van der Waals surface area contributed by atoms with Crippen LogP contribution in [0.1, 0.15) is 52.4 Å². The molecule has 0 saturated carbocycles. The highest BCUT2D eigenvalue weighted by Gasteiger charge is 2.21. The van der Waals surface area contributed by atoms with E-state index in [-0.39, 0.29) is 31.1 Å². The first-order chi connectivity index (χ1) is 8.86. The molecule has 0 bridgehead atoms. The molecular formula is C13H23NO5. The summed E-state index contributed by atoms with van der Waals surface area (Å²) in [5, 5.41) is 19.8. The number of carboxylic acids is 2. The van der Waals surface area contributed by atoms with Gasteiger partial charge in [0.25, 0.3) is 0 Å². The number of unbranched alkanes of at least 4 members (excludes halogenated alkanes) is 1. The maximum absolute atomic E-state index is 11.7. The number of carboxylic acid groups (broad SMARTS) is 2. The molecule has 0 aromatic rings. The van der Waals surface area contributed by atoms with Gasteiger partial charge in [-0.1, -0.05) is 33.1 Å². The van der Waals surface area contributed by atoms with Gasteiger partial charge in [-0.2, -0.15) is 0 Å². The van der Waals surface area contributed by atoms with Crippen molar-refractivity contribution in [3.05, 3.63) is 0 Å². The maximum atomic E-state index is 11.7. The predicted octanol–water partition coefficient (Wildman–Crippen LogP) is 1.64. The van der Waals surface area contributed by atoms with Crippen molar-refractivity contribution < 1.29 is 24.6 Å². The Labute approximate surface area is 113 Å². The van der Waals surface area contributed by atoms with Gasteiger partial charge in [0.2, 0.25) is 5.91 Å². The zero-order chi connectivity index (χ0) is 14.8. The van der Waals surface area contributed by atoms with Crippen LogP contribution < -0.4 is 5.32 Å². The molecule has 2 atom stereocenters. The second-order valence-electron chi connectivity index (χ2n) is 4.84. The number of rotatable bonds is 10. The lowest BCUT2D eigenvalue weighted by molar-refractivity contribution is -0.143. The number of aliphatic carboxylic acids is 2. The molecule has 0 spiro atoms. The van der Waals surface area contributed by atoms with Gasteiger partial charge < -0.3 is 15.5 Å². The largest absolute Gasteiger partial charge is 0.481 e. The van der Waals surface area contributed by atoms with Gasteiger partial charge in [-0.3, -0.25) is 9.59 Å². The monoisotopic (exact) mass is 273 g/mol. The van der Waals surface area contributed by atoms with Crippen molar-refractivity contribution in [3.8, 4) is 0 Å². The number of carbonyl (C=O) groups is 3. The second-order valence-corrected chi connectivity index (χ2v) is 4.84. The van der Waals surface area contributed by atoms with Gasteiger partial charge in [-0.25, -0.2) is 4.79 Å². The van der Waals surface area contributed by atoms with Crippen molar-refractivity contribution in [1.82, 2.24) is 5.32 Å². The van der Waals surface area contributed by atoms with E-state index in [9.17, 15) is 14.4 Å². The minimum atomic E-state index is -1.20. The van der Waals surface area contributed by atoms with E-state index in [0.29, 0.717) is 0 Å². The number of amides is 1. The van der Waals surface area contributed by atoms with E-state index in [4.69, 9.17) is 10.2 Å². The summed E-state index contributed by atoms with van der Waals surface area (Å²) < 4.78 is 0. The molecule has 0 aromatic carbocycles. The van der Waals surface area contributed by atoms with Gasteiger partial charge in [0.05, 0.1) is 0 Å². The molecule has 0 fully saturated rings. The van der Waals surface area contributed by atoms with Crippen LogP contribution in [-0.2, 0) is 14.4 Å². The summed E-state index contributed by atoms with van der Waals surface area (Å²) in [5.74, 6) is -2.40. The molecule has 110 valence electrons. The number of nitrogens with one attached hydrogen (secondary N) is 1. The van der Waals surface area contributed by atoms with Gasteiger partial charge >= 0.3 is 11.9 Å². The minimum Gasteiger partial charge on any atom is -0.481 e. The van der Waals surface area contributed by atoms with E-state index in [1.54, 1.807) is 0 Å². The predicted molar refractivity (Wildman–Crippen MR) is 69.7 cm³/mol. The Balaban J connectivity index is 4.16. The molecule has 19 heavy (non-hydrogen) atoms. The molecule has 0 saturated heterocycles. The van der Waals surface area contributed by atoms with Gasteiger partial charge in [0.1, 0.15) is 6.04 Å². The Bertz CT molecular complexity index is 316. The Morgan fingerprint density at radius 1 is 1.16 bits per heavy atom. The molecule has 3 N–H and O–H groups in total. The molecule has 0 heterocycles. The molecule has 6 heteroatoms. The first-order valence-corrected chi connectivity index (χ1v) is 6.60. The van der Waals surface area contributed by atoms with Crippen molar-refractivity contribution in [3.63, 3.8) is 0 Å². The van der Waals surface area contributed by atoms with Crippen LogP contribution in [-0.4, -0.2) is 34.1 Å². The van der Waals surface area contributed by atoms with E-state index in [2.05, 4.69) is 12.2 Å². The van der Waals surface area contributed by atoms with Crippen LogP contribution >= 0.6 is 0 Å². The minimum absolute atomic E-state index is 0.0975. The molecule has 0 aromatic heterocycles. The Morgan fingerprint density at radius 2 is 1.79 bits per heavy atom. The zero-order valence-electron chi connectivity index (χ0n) is 11.5. The number of hydrogen-bond donors (Lipinski definition) is 3. The molecule has 0 aliphatic heterocycles. The molecule has 0 aliphatic rings. The lowest BCUT2D eigenvalue weighted by atomic mass is 10.00. The molecule has 1 amide bonds. The van der Waals surface area contributed by atoms with Crippen LogP contribution in [0.3, 0.4) is 0 Å². The highest BCUT2D eigenvalue weighted by atomic mass is 16.4. The van der Waals surface area contributed by atoms with Gasteiger partial charge in [-0.05, 0) is 12.3 Å². The Kier molecular flexibility index (Phi) is 8.57. The van der Waals surface area contributed by atoms with Gasteiger partial charge in [-0.15, -0.1) is 0 Å². The van der Waals surface area contributed by atoms with E-state index >= 15 is 0 Å². The summed E-state index contributed by atoms with van der Waals surface area (Å²) in [7, 11) is 0. The summed E-state index contributed by atoms with van der Waals surface area (Å²) in [6.07, 6.45) is 2.92. The van der Waals surface area contributed by atoms with E-state index in [1.165, 1.54) is 0 Å². The normalized spacial score (nSPS) is 13.6. The maximum Gasteiger partial charge on any atom is 0.326 e. The lowest BCUT2D eigenvalue weighted by Crippen LogP contribution is -2.41. The second kappa shape index (κ2) is 9.35. The van der Waals surface area contributed by atoms with Gasteiger partial charge in [0.15, 0.2) is 0 Å². The van der Waals surface area contributed by atoms with E-state index in [0.717, 1.165) is 19.3 Å². The van der Waals surface area contributed by atoms with E-state index in [1.807, 2.05) is 6.92 Å². The van der Waals surface area contributed by atoms with Crippen LogP contribution in [0.25, 0.3) is 0 Å². The summed E-state index contributed by atoms with van der Waals surface area (Å²) in [5.41, 5.74) is 0. The standard InChI is InChI=1S/C13H23NO5/c1-3-4-5-9(2)8-11(15)14-10(13(18)19)6-7-12(16)17/h9-10H,3-8H2,1-2H3,(H,14,15)(H,16,17)(H,18,19)/t9?,10-/m0/s1. The Hall–Kier alpha value is -1.59. The third kappa shape index (κ3) is 9.04. The molecule has 0 aliphatic carbocycles. The van der Waals surface area contributed by atoms with Gasteiger partial charge in [0, 0.05) is 12.8 Å². The first kappa shape index (κ1) is 17.4. The summed E-state index contributed by atoms with van der Waals surface area (Å²) in [6.45, 7) is 4.02. The third-order valence-electron chi connectivity index (χ3n) is 2.86. The fourth-order valence-electron chi connectivity index (χ4n) is 1.75. The molecule has 0 radical (unpaired) electrons. The SMILES string of the molecule is CCCCC(C)CC(=O)N[C@@H](CCC(=O)O)C(=O)O. The zero-order valence-corrected chi connectivity index (χ0v) is 11.5. The average molecular weight is 273 g/mol. The summed E-state index contributed by atoms with van der Waals surface area (Å²) in [6, 6.07) is -1.12. The number of carbonyl (C=O) groups excluding carboxylic acids is 1. The quantitative estimate of drug-likeness (QED) is 0.561. The average Bonchev–Trinajstić information content (AvgIpc) is 2.31. The van der Waals surface area contributed by atoms with Crippen molar-refractivity contribution in [2.75, 3.05) is 0 Å². The topological polar surface area (TPSA) is 104 Å². The third-order valence-corrected chi connectivity index (χ3v) is 2.86. The van der Waals surface area contributed by atoms with Crippen molar-refractivity contribution in [1.29, 1.82) is 0 Å². The van der Waals surface area contributed by atoms with Crippen LogP contribution in [0.15, 0.2) is 0 Å².